The van der Waals surface area contributed by atoms with Crippen LogP contribution in [0.15, 0.2) is 0 Å². The third-order valence-corrected chi connectivity index (χ3v) is 2.55. The van der Waals surface area contributed by atoms with E-state index in [0.29, 0.717) is 0 Å². The van der Waals surface area contributed by atoms with Gasteiger partial charge >= 0.3 is 30.1 Å². The van der Waals surface area contributed by atoms with Gasteiger partial charge in [-0.2, -0.15) is 52.7 Å². The average Bonchev–Trinajstić information content (AvgIpc) is 2.25. The molecular formula is C8H5F13O. The van der Waals surface area contributed by atoms with Crippen molar-refractivity contribution in [1.82, 2.24) is 0 Å². The molecule has 22 heavy (non-hydrogen) atoms. The molecule has 0 aromatic rings. The lowest BCUT2D eigenvalue weighted by Gasteiger charge is -2.41. The lowest BCUT2D eigenvalue weighted by molar-refractivity contribution is -0.432. The highest BCUT2D eigenvalue weighted by Gasteiger charge is 2.89. The molecule has 1 unspecified atom stereocenters. The highest BCUT2D eigenvalue weighted by molar-refractivity contribution is 5.12. The summed E-state index contributed by atoms with van der Waals surface area (Å²) in [6.07, 6.45) is -17.2. The van der Waals surface area contributed by atoms with E-state index in [2.05, 4.69) is 0 Å². The summed E-state index contributed by atoms with van der Waals surface area (Å²) in [5.41, 5.74) is -6.52. The van der Waals surface area contributed by atoms with Crippen LogP contribution in [0.1, 0.15) is 6.42 Å². The van der Waals surface area contributed by atoms with Crippen LogP contribution < -0.4 is 0 Å². The third kappa shape index (κ3) is 2.69. The molecule has 0 rings (SSSR count). The van der Waals surface area contributed by atoms with Gasteiger partial charge in [0, 0.05) is 13.0 Å². The molecule has 0 aromatic carbocycles. The van der Waals surface area contributed by atoms with E-state index in [1.165, 1.54) is 0 Å². The minimum Gasteiger partial charge on any atom is -0.396 e. The van der Waals surface area contributed by atoms with Crippen LogP contribution in [-0.2, 0) is 0 Å². The van der Waals surface area contributed by atoms with E-state index in [1.807, 2.05) is 0 Å². The van der Waals surface area contributed by atoms with Gasteiger partial charge in [-0.15, -0.1) is 0 Å². The summed E-state index contributed by atoms with van der Waals surface area (Å²) in [5, 5.41) is 8.03. The molecule has 0 radical (unpaired) electrons. The first-order valence-corrected chi connectivity index (χ1v) is 4.88. The van der Waals surface area contributed by atoms with Gasteiger partial charge in [0.25, 0.3) is 5.67 Å². The van der Waals surface area contributed by atoms with E-state index in [0.717, 1.165) is 0 Å². The van der Waals surface area contributed by atoms with Crippen LogP contribution in [-0.4, -0.2) is 47.5 Å². The normalized spacial score (nSPS) is 18.3. The Morgan fingerprint density at radius 3 is 1.09 bits per heavy atom. The molecular weight excluding hydrogens is 359 g/mol. The van der Waals surface area contributed by atoms with Crippen molar-refractivity contribution in [3.63, 3.8) is 0 Å². The second-order valence-electron chi connectivity index (χ2n) is 3.99. The number of hydrogen-bond acceptors (Lipinski definition) is 1. The Morgan fingerprint density at radius 2 is 0.864 bits per heavy atom. The van der Waals surface area contributed by atoms with Gasteiger partial charge in [0.05, 0.1) is 0 Å². The Kier molecular flexibility index (Phi) is 5.07. The summed E-state index contributed by atoms with van der Waals surface area (Å²) < 4.78 is 161. The number of alkyl halides is 13. The quantitative estimate of drug-likeness (QED) is 0.729. The summed E-state index contributed by atoms with van der Waals surface area (Å²) in [6.45, 7) is -2.18. The molecule has 1 N–H and O–H groups in total. The van der Waals surface area contributed by atoms with E-state index in [-0.39, 0.29) is 0 Å². The molecule has 0 aliphatic rings. The number of halogens is 13. The summed E-state index contributed by atoms with van der Waals surface area (Å²) in [7, 11) is 0. The third-order valence-electron chi connectivity index (χ3n) is 2.55. The molecule has 1 atom stereocenters. The van der Waals surface area contributed by atoms with Crippen LogP contribution in [0.25, 0.3) is 0 Å². The second kappa shape index (κ2) is 5.30. The van der Waals surface area contributed by atoms with E-state index < -0.39 is 48.8 Å². The Balaban J connectivity index is 6.29. The smallest absolute Gasteiger partial charge is 0.396 e. The van der Waals surface area contributed by atoms with E-state index >= 15 is 0 Å². The average molecular weight is 364 g/mol. The minimum atomic E-state index is -7.78. The molecule has 0 fully saturated rings. The number of hydrogen-bond donors (Lipinski definition) is 1. The molecule has 0 aliphatic carbocycles. The fraction of sp³-hybridized carbons (Fsp3) is 1.00. The van der Waals surface area contributed by atoms with Crippen molar-refractivity contribution >= 4 is 0 Å². The molecule has 1 nitrogen and oxygen atoms in total. The van der Waals surface area contributed by atoms with Crippen LogP contribution in [0.4, 0.5) is 57.1 Å². The second-order valence-corrected chi connectivity index (χ2v) is 3.99. The Labute approximate surface area is 112 Å². The van der Waals surface area contributed by atoms with Crippen molar-refractivity contribution in [3.8, 4) is 0 Å². The minimum absolute atomic E-state index is 2.18. The van der Waals surface area contributed by atoms with Crippen molar-refractivity contribution in [1.29, 1.82) is 0 Å². The van der Waals surface area contributed by atoms with Gasteiger partial charge in [-0.3, -0.25) is 0 Å². The first-order valence-electron chi connectivity index (χ1n) is 4.88. The summed E-state index contributed by atoms with van der Waals surface area (Å²) in [4.78, 5) is 0. The van der Waals surface area contributed by atoms with Crippen molar-refractivity contribution in [2.75, 3.05) is 6.61 Å². The van der Waals surface area contributed by atoms with Crippen LogP contribution in [0.5, 0.6) is 0 Å². The first-order chi connectivity index (χ1) is 9.31. The highest BCUT2D eigenvalue weighted by Crippen LogP contribution is 2.60. The zero-order chi connectivity index (χ0) is 18.4. The molecule has 134 valence electrons. The maximum Gasteiger partial charge on any atom is 0.460 e. The molecule has 0 saturated carbocycles. The Morgan fingerprint density at radius 1 is 0.500 bits per heavy atom. The standard InChI is InChI=1S/C8H5F13O/c9-3(1-2-22,7(16,17)18)4(10,11)5(12,13)6(14,15)8(19,20)21/h22H,1-2H2. The number of aliphatic hydroxyl groups excluding tert-OH is 1. The fourth-order valence-electron chi connectivity index (χ4n) is 1.25. The van der Waals surface area contributed by atoms with Crippen LogP contribution in [0, 0.1) is 0 Å². The zero-order valence-electron chi connectivity index (χ0n) is 9.77. The van der Waals surface area contributed by atoms with Crippen molar-refractivity contribution in [2.24, 2.45) is 0 Å². The lowest BCUT2D eigenvalue weighted by atomic mass is 9.86. The van der Waals surface area contributed by atoms with Crippen molar-refractivity contribution < 1.29 is 62.2 Å². The van der Waals surface area contributed by atoms with Gasteiger partial charge < -0.3 is 5.11 Å². The van der Waals surface area contributed by atoms with Crippen LogP contribution in [0.2, 0.25) is 0 Å². The predicted molar refractivity (Wildman–Crippen MR) is 42.5 cm³/mol. The van der Waals surface area contributed by atoms with Crippen LogP contribution in [0.3, 0.4) is 0 Å². The maximum atomic E-state index is 13.3. The summed E-state index contributed by atoms with van der Waals surface area (Å²) >= 11 is 0. The van der Waals surface area contributed by atoms with E-state index in [9.17, 15) is 57.1 Å². The van der Waals surface area contributed by atoms with Gasteiger partial charge in [-0.25, -0.2) is 4.39 Å². The molecule has 0 amide bonds. The van der Waals surface area contributed by atoms with Gasteiger partial charge in [0.15, 0.2) is 0 Å². The molecule has 0 heterocycles. The molecule has 0 aromatic heterocycles. The van der Waals surface area contributed by atoms with Crippen molar-refractivity contribution in [3.05, 3.63) is 0 Å². The number of rotatable bonds is 5. The highest BCUT2D eigenvalue weighted by atomic mass is 19.4. The SMILES string of the molecule is OCCC(F)(C(F)(F)F)C(F)(F)C(F)(F)C(F)(F)C(F)(F)F. The summed E-state index contributed by atoms with van der Waals surface area (Å²) in [6, 6.07) is 0. The Bertz CT molecular complexity index is 394. The van der Waals surface area contributed by atoms with Gasteiger partial charge in [-0.05, 0) is 0 Å². The van der Waals surface area contributed by atoms with Crippen LogP contribution >= 0.6 is 0 Å². The largest absolute Gasteiger partial charge is 0.460 e. The van der Waals surface area contributed by atoms with Gasteiger partial charge in [-0.1, -0.05) is 0 Å². The molecule has 14 heteroatoms. The van der Waals surface area contributed by atoms with Gasteiger partial charge in [0.2, 0.25) is 0 Å². The molecule has 0 aliphatic heterocycles. The zero-order valence-corrected chi connectivity index (χ0v) is 9.77. The monoisotopic (exact) mass is 364 g/mol. The topological polar surface area (TPSA) is 20.2 Å². The maximum absolute atomic E-state index is 13.3. The summed E-state index contributed by atoms with van der Waals surface area (Å²) in [5.74, 6) is -23.0. The lowest BCUT2D eigenvalue weighted by Crippen LogP contribution is -2.71. The van der Waals surface area contributed by atoms with Gasteiger partial charge in [0.1, 0.15) is 0 Å². The van der Waals surface area contributed by atoms with E-state index in [1.54, 1.807) is 0 Å². The predicted octanol–water partition coefficient (Wildman–Crippen LogP) is 4.11. The molecule has 0 bridgehead atoms. The number of aliphatic hydroxyl groups is 1. The van der Waals surface area contributed by atoms with E-state index in [4.69, 9.17) is 5.11 Å². The molecule has 0 spiro atoms. The first kappa shape index (κ1) is 21.0. The fourth-order valence-corrected chi connectivity index (χ4v) is 1.25. The molecule has 0 saturated heterocycles. The Hall–Kier alpha value is -0.950. The van der Waals surface area contributed by atoms with Crippen molar-refractivity contribution in [2.45, 2.75) is 42.2 Å².